The molecular formula is C27H29N5O5. The van der Waals surface area contributed by atoms with Gasteiger partial charge in [0.1, 0.15) is 11.5 Å². The van der Waals surface area contributed by atoms with E-state index in [0.717, 1.165) is 0 Å². The molecule has 0 aliphatic carbocycles. The summed E-state index contributed by atoms with van der Waals surface area (Å²) in [5, 5.41) is 13.0. The van der Waals surface area contributed by atoms with Crippen molar-refractivity contribution in [1.29, 1.82) is 5.26 Å². The zero-order chi connectivity index (χ0) is 27.3. The molecule has 1 amide bonds. The Morgan fingerprint density at radius 1 is 1.05 bits per heavy atom. The maximum atomic E-state index is 13.2. The smallest absolute Gasteiger partial charge is 0.355 e. The van der Waals surface area contributed by atoms with Crippen LogP contribution in [0.2, 0.25) is 0 Å². The molecule has 0 saturated carbocycles. The van der Waals surface area contributed by atoms with Crippen LogP contribution >= 0.6 is 0 Å². The molecule has 37 heavy (non-hydrogen) atoms. The van der Waals surface area contributed by atoms with Crippen LogP contribution in [0.1, 0.15) is 17.0 Å². The van der Waals surface area contributed by atoms with Crippen LogP contribution in [-0.4, -0.2) is 57.6 Å². The lowest BCUT2D eigenvalue weighted by Gasteiger charge is -2.36. The highest BCUT2D eigenvalue weighted by Crippen LogP contribution is 2.44. The molecule has 0 spiro atoms. The summed E-state index contributed by atoms with van der Waals surface area (Å²) in [6, 6.07) is 15.9. The van der Waals surface area contributed by atoms with Crippen LogP contribution in [0.4, 0.5) is 11.4 Å². The van der Waals surface area contributed by atoms with Gasteiger partial charge < -0.3 is 25.4 Å². The van der Waals surface area contributed by atoms with Crippen LogP contribution in [0, 0.1) is 18.3 Å². The number of hydrogen-bond donors (Lipinski definition) is 2. The molecule has 3 rings (SSSR count). The number of ether oxygens (including phenoxy) is 2. The molecule has 192 valence electrons. The lowest BCUT2D eigenvalue weighted by atomic mass is 9.80. The van der Waals surface area contributed by atoms with Crippen molar-refractivity contribution in [3.63, 3.8) is 0 Å². The number of nitrogens with two attached hydrogens (primary N) is 1. The van der Waals surface area contributed by atoms with Crippen LogP contribution < -0.4 is 16.0 Å². The summed E-state index contributed by atoms with van der Waals surface area (Å²) in [5.74, 6) is -2.92. The van der Waals surface area contributed by atoms with E-state index in [4.69, 9.17) is 15.2 Å². The SMILES string of the molecule is COC(=O)C1=C(C(=O)OC)N(c2cccc(NC(=O)CN(C)C)c2C)C(N)=C(C#N)C1c1ccccc1. The van der Waals surface area contributed by atoms with Gasteiger partial charge in [-0.15, -0.1) is 0 Å². The Hall–Kier alpha value is -4.62. The number of allylic oxidation sites excluding steroid dienone is 1. The van der Waals surface area contributed by atoms with Crippen molar-refractivity contribution >= 4 is 29.2 Å². The number of likely N-dealkylation sites (N-methyl/N-ethyl adjacent to an activating group) is 1. The van der Waals surface area contributed by atoms with Crippen molar-refractivity contribution in [3.05, 3.63) is 82.3 Å². The van der Waals surface area contributed by atoms with Gasteiger partial charge in [-0.1, -0.05) is 36.4 Å². The molecule has 0 radical (unpaired) electrons. The second-order valence-corrected chi connectivity index (χ2v) is 8.57. The summed E-state index contributed by atoms with van der Waals surface area (Å²) in [6.45, 7) is 1.89. The number of anilines is 2. The predicted molar refractivity (Wildman–Crippen MR) is 138 cm³/mol. The molecule has 0 aromatic heterocycles. The maximum absolute atomic E-state index is 13.2. The Morgan fingerprint density at radius 3 is 2.27 bits per heavy atom. The van der Waals surface area contributed by atoms with Crippen molar-refractivity contribution in [3.8, 4) is 6.07 Å². The monoisotopic (exact) mass is 503 g/mol. The Morgan fingerprint density at radius 2 is 1.70 bits per heavy atom. The van der Waals surface area contributed by atoms with Gasteiger partial charge in [-0.2, -0.15) is 5.26 Å². The highest BCUT2D eigenvalue weighted by Gasteiger charge is 2.43. The Bertz CT molecular complexity index is 1320. The molecule has 3 N–H and O–H groups in total. The van der Waals surface area contributed by atoms with Crippen molar-refractivity contribution in [2.45, 2.75) is 12.8 Å². The standard InChI is InChI=1S/C27H29N5O5/c1-16-19(30-21(33)15-31(2)3)12-9-13-20(16)32-24(27(35)37-5)23(26(34)36-4)22(18(14-28)25(32)29)17-10-7-6-8-11-17/h6-13,22H,15,29H2,1-5H3,(H,30,33). The quantitative estimate of drug-likeness (QED) is 0.545. The van der Waals surface area contributed by atoms with E-state index in [1.54, 1.807) is 74.4 Å². The van der Waals surface area contributed by atoms with E-state index in [2.05, 4.69) is 11.4 Å². The third-order valence-corrected chi connectivity index (χ3v) is 5.89. The Balaban J connectivity index is 2.32. The first-order valence-corrected chi connectivity index (χ1v) is 11.4. The number of nitrogens with one attached hydrogen (secondary N) is 1. The lowest BCUT2D eigenvalue weighted by molar-refractivity contribution is -0.139. The highest BCUT2D eigenvalue weighted by molar-refractivity contribution is 6.07. The zero-order valence-corrected chi connectivity index (χ0v) is 21.4. The summed E-state index contributed by atoms with van der Waals surface area (Å²) in [5.41, 5.74) is 8.33. The number of nitriles is 1. The zero-order valence-electron chi connectivity index (χ0n) is 21.4. The fourth-order valence-electron chi connectivity index (χ4n) is 4.24. The number of carbonyl (C=O) groups excluding carboxylic acids is 3. The Labute approximate surface area is 215 Å². The summed E-state index contributed by atoms with van der Waals surface area (Å²) in [6.07, 6.45) is 0. The Kier molecular flexibility index (Phi) is 8.32. The van der Waals surface area contributed by atoms with Crippen molar-refractivity contribution in [1.82, 2.24) is 4.90 Å². The first-order valence-electron chi connectivity index (χ1n) is 11.4. The van der Waals surface area contributed by atoms with E-state index < -0.39 is 17.9 Å². The van der Waals surface area contributed by atoms with Gasteiger partial charge in [0.15, 0.2) is 0 Å². The molecule has 1 aliphatic heterocycles. The van der Waals surface area contributed by atoms with Gasteiger partial charge >= 0.3 is 11.9 Å². The molecule has 2 aromatic carbocycles. The minimum absolute atomic E-state index is 0.0516. The maximum Gasteiger partial charge on any atom is 0.355 e. The first-order chi connectivity index (χ1) is 17.7. The van der Waals surface area contributed by atoms with Crippen molar-refractivity contribution < 1.29 is 23.9 Å². The highest BCUT2D eigenvalue weighted by atomic mass is 16.5. The van der Waals surface area contributed by atoms with Crippen LogP contribution in [-0.2, 0) is 23.9 Å². The van der Waals surface area contributed by atoms with Crippen LogP contribution in [0.25, 0.3) is 0 Å². The minimum atomic E-state index is -0.965. The molecule has 1 heterocycles. The van der Waals surface area contributed by atoms with Crippen LogP contribution in [0.5, 0.6) is 0 Å². The second-order valence-electron chi connectivity index (χ2n) is 8.57. The molecule has 2 aromatic rings. The summed E-state index contributed by atoms with van der Waals surface area (Å²) < 4.78 is 10.1. The number of esters is 2. The van der Waals surface area contributed by atoms with Gasteiger partial charge in [-0.05, 0) is 44.3 Å². The van der Waals surface area contributed by atoms with Gasteiger partial charge in [0.25, 0.3) is 0 Å². The summed E-state index contributed by atoms with van der Waals surface area (Å²) >= 11 is 0. The van der Waals surface area contributed by atoms with E-state index in [1.165, 1.54) is 19.1 Å². The fraction of sp³-hybridized carbons (Fsp3) is 0.259. The largest absolute Gasteiger partial charge is 0.466 e. The molecular weight excluding hydrogens is 474 g/mol. The number of amides is 1. The summed E-state index contributed by atoms with van der Waals surface area (Å²) in [7, 11) is 5.92. The number of methoxy groups -OCH3 is 2. The average Bonchev–Trinajstić information content (AvgIpc) is 2.88. The van der Waals surface area contributed by atoms with Gasteiger partial charge in [-0.3, -0.25) is 9.69 Å². The average molecular weight is 504 g/mol. The normalized spacial score (nSPS) is 15.4. The predicted octanol–water partition coefficient (Wildman–Crippen LogP) is 2.39. The lowest BCUT2D eigenvalue weighted by Crippen LogP contribution is -2.41. The van der Waals surface area contributed by atoms with E-state index in [9.17, 15) is 19.6 Å². The van der Waals surface area contributed by atoms with Crippen molar-refractivity contribution in [2.75, 3.05) is 45.1 Å². The molecule has 1 unspecified atom stereocenters. The summed E-state index contributed by atoms with van der Waals surface area (Å²) in [4.78, 5) is 41.9. The number of nitrogens with zero attached hydrogens (tertiary/aromatic N) is 3. The van der Waals surface area contributed by atoms with E-state index in [0.29, 0.717) is 22.5 Å². The molecule has 1 atom stereocenters. The third-order valence-electron chi connectivity index (χ3n) is 5.89. The molecule has 10 nitrogen and oxygen atoms in total. The molecule has 0 saturated heterocycles. The molecule has 0 fully saturated rings. The van der Waals surface area contributed by atoms with Gasteiger partial charge in [0.05, 0.1) is 49.6 Å². The topological polar surface area (TPSA) is 138 Å². The van der Waals surface area contributed by atoms with Gasteiger partial charge in [0, 0.05) is 5.69 Å². The van der Waals surface area contributed by atoms with Crippen molar-refractivity contribution in [2.24, 2.45) is 5.73 Å². The minimum Gasteiger partial charge on any atom is -0.466 e. The second kappa shape index (κ2) is 11.4. The van der Waals surface area contributed by atoms with E-state index >= 15 is 0 Å². The number of carbonyl (C=O) groups is 3. The van der Waals surface area contributed by atoms with Crippen LogP contribution in [0.3, 0.4) is 0 Å². The fourth-order valence-corrected chi connectivity index (χ4v) is 4.24. The van der Waals surface area contributed by atoms with Gasteiger partial charge in [0.2, 0.25) is 5.91 Å². The molecule has 1 aliphatic rings. The number of benzene rings is 2. The first kappa shape index (κ1) is 27.0. The van der Waals surface area contributed by atoms with Gasteiger partial charge in [-0.25, -0.2) is 9.59 Å². The molecule has 0 bridgehead atoms. The third kappa shape index (κ3) is 5.32. The van der Waals surface area contributed by atoms with E-state index in [-0.39, 0.29) is 35.1 Å². The number of hydrogen-bond acceptors (Lipinski definition) is 9. The van der Waals surface area contributed by atoms with E-state index in [1.807, 2.05) is 0 Å². The number of rotatable bonds is 7. The van der Waals surface area contributed by atoms with Crippen LogP contribution in [0.15, 0.2) is 71.2 Å². The molecule has 10 heteroatoms.